The summed E-state index contributed by atoms with van der Waals surface area (Å²) in [6.45, 7) is 4.20. The SMILES string of the molecule is C=C1NC(=O)N[C@@H](c2cc(Br)ccc2OC)[C@@H]1C(=O)OCCOC. The van der Waals surface area contributed by atoms with Crippen LogP contribution in [0.15, 0.2) is 34.9 Å². The van der Waals surface area contributed by atoms with Crippen molar-refractivity contribution in [1.82, 2.24) is 10.6 Å². The standard InChI is InChI=1S/C16H19BrN2O5/c1-9-13(15(20)24-7-6-22-2)14(19-16(21)18-9)11-8-10(17)4-5-12(11)23-3/h4-5,8,13-14H,1,6-7H2,2-3H3,(H2,18,19,21)/t13-,14+/m1/s1. The third-order valence-corrected chi connectivity index (χ3v) is 4.08. The molecule has 0 saturated carbocycles. The topological polar surface area (TPSA) is 85.9 Å². The molecule has 1 fully saturated rings. The van der Waals surface area contributed by atoms with E-state index in [-0.39, 0.29) is 18.9 Å². The number of halogens is 1. The van der Waals surface area contributed by atoms with E-state index in [1.807, 2.05) is 6.07 Å². The maximum Gasteiger partial charge on any atom is 0.319 e. The van der Waals surface area contributed by atoms with E-state index in [4.69, 9.17) is 14.2 Å². The van der Waals surface area contributed by atoms with Crippen molar-refractivity contribution in [1.29, 1.82) is 0 Å². The zero-order valence-electron chi connectivity index (χ0n) is 13.4. The number of esters is 1. The van der Waals surface area contributed by atoms with Gasteiger partial charge in [-0.15, -0.1) is 0 Å². The van der Waals surface area contributed by atoms with E-state index >= 15 is 0 Å². The molecule has 0 bridgehead atoms. The second-order valence-electron chi connectivity index (χ2n) is 5.13. The first kappa shape index (κ1) is 18.3. The van der Waals surface area contributed by atoms with Crippen molar-refractivity contribution in [3.05, 3.63) is 40.5 Å². The molecule has 24 heavy (non-hydrogen) atoms. The van der Waals surface area contributed by atoms with Crippen LogP contribution in [-0.2, 0) is 14.3 Å². The average molecular weight is 399 g/mol. The molecular formula is C16H19BrN2O5. The molecule has 1 aromatic carbocycles. The molecule has 1 aliphatic rings. The molecule has 0 radical (unpaired) electrons. The number of nitrogens with one attached hydrogen (secondary N) is 2. The number of amides is 2. The molecule has 1 aromatic rings. The van der Waals surface area contributed by atoms with Crippen LogP contribution in [0, 0.1) is 5.92 Å². The highest BCUT2D eigenvalue weighted by molar-refractivity contribution is 9.10. The lowest BCUT2D eigenvalue weighted by Crippen LogP contribution is -2.51. The summed E-state index contributed by atoms with van der Waals surface area (Å²) in [7, 11) is 3.04. The predicted octanol–water partition coefficient (Wildman–Crippen LogP) is 2.13. The molecule has 2 atom stereocenters. The van der Waals surface area contributed by atoms with Gasteiger partial charge in [0.15, 0.2) is 0 Å². The van der Waals surface area contributed by atoms with Crippen LogP contribution in [0.3, 0.4) is 0 Å². The average Bonchev–Trinajstić information content (AvgIpc) is 2.54. The smallest absolute Gasteiger partial charge is 0.319 e. The zero-order valence-corrected chi connectivity index (χ0v) is 15.0. The maximum atomic E-state index is 12.5. The minimum atomic E-state index is -0.789. The largest absolute Gasteiger partial charge is 0.496 e. The van der Waals surface area contributed by atoms with E-state index in [1.54, 1.807) is 12.1 Å². The molecule has 8 heteroatoms. The normalized spacial score (nSPS) is 20.1. The monoisotopic (exact) mass is 398 g/mol. The summed E-state index contributed by atoms with van der Waals surface area (Å²) >= 11 is 3.39. The van der Waals surface area contributed by atoms with E-state index in [9.17, 15) is 9.59 Å². The predicted molar refractivity (Wildman–Crippen MR) is 90.6 cm³/mol. The van der Waals surface area contributed by atoms with Gasteiger partial charge in [0.2, 0.25) is 0 Å². The van der Waals surface area contributed by atoms with E-state index in [1.165, 1.54) is 14.2 Å². The lowest BCUT2D eigenvalue weighted by Gasteiger charge is -2.33. The van der Waals surface area contributed by atoms with Crippen LogP contribution in [0.1, 0.15) is 11.6 Å². The number of hydrogen-bond acceptors (Lipinski definition) is 5. The molecule has 0 aromatic heterocycles. The van der Waals surface area contributed by atoms with E-state index in [0.29, 0.717) is 11.3 Å². The fourth-order valence-corrected chi connectivity index (χ4v) is 2.86. The van der Waals surface area contributed by atoms with Gasteiger partial charge in [-0.1, -0.05) is 22.5 Å². The molecule has 1 heterocycles. The third kappa shape index (κ3) is 4.07. The molecule has 2 rings (SSSR count). The Hall–Kier alpha value is -2.06. The highest BCUT2D eigenvalue weighted by Crippen LogP contribution is 2.36. The lowest BCUT2D eigenvalue weighted by molar-refractivity contribution is -0.149. The fourth-order valence-electron chi connectivity index (χ4n) is 2.48. The first-order chi connectivity index (χ1) is 11.5. The number of ether oxygens (including phenoxy) is 3. The molecular weight excluding hydrogens is 380 g/mol. The van der Waals surface area contributed by atoms with Crippen molar-refractivity contribution in [2.24, 2.45) is 5.92 Å². The molecule has 1 saturated heterocycles. The molecule has 2 amide bonds. The summed E-state index contributed by atoms with van der Waals surface area (Å²) in [5.41, 5.74) is 0.921. The van der Waals surface area contributed by atoms with E-state index in [0.717, 1.165) is 4.47 Å². The molecule has 0 aliphatic carbocycles. The number of urea groups is 1. The Bertz CT molecular complexity index is 649. The van der Waals surface area contributed by atoms with Crippen LogP contribution in [0.25, 0.3) is 0 Å². The maximum absolute atomic E-state index is 12.5. The second kappa shape index (κ2) is 8.16. The number of carbonyl (C=O) groups is 2. The summed E-state index contributed by atoms with van der Waals surface area (Å²) in [5.74, 6) is -0.743. The number of methoxy groups -OCH3 is 2. The molecule has 0 unspecified atom stereocenters. The molecule has 0 spiro atoms. The van der Waals surface area contributed by atoms with Crippen molar-refractivity contribution in [2.45, 2.75) is 6.04 Å². The number of carbonyl (C=O) groups excluding carboxylic acids is 2. The lowest BCUT2D eigenvalue weighted by atomic mass is 9.88. The van der Waals surface area contributed by atoms with Crippen LogP contribution >= 0.6 is 15.9 Å². The van der Waals surface area contributed by atoms with Gasteiger partial charge in [0.1, 0.15) is 18.3 Å². The van der Waals surface area contributed by atoms with Gasteiger partial charge >= 0.3 is 12.0 Å². The van der Waals surface area contributed by atoms with Crippen LogP contribution < -0.4 is 15.4 Å². The summed E-state index contributed by atoms with van der Waals surface area (Å²) < 4.78 is 16.2. The zero-order chi connectivity index (χ0) is 17.7. The van der Waals surface area contributed by atoms with Crippen LogP contribution in [0.5, 0.6) is 5.75 Å². The highest BCUT2D eigenvalue weighted by atomic mass is 79.9. The Kier molecular flexibility index (Phi) is 6.22. The summed E-state index contributed by atoms with van der Waals surface area (Å²) in [6, 6.07) is 4.26. The van der Waals surface area contributed by atoms with Crippen molar-refractivity contribution >= 4 is 27.9 Å². The van der Waals surface area contributed by atoms with Gasteiger partial charge in [0.05, 0.1) is 19.8 Å². The van der Waals surface area contributed by atoms with Gasteiger partial charge in [0, 0.05) is 22.8 Å². The van der Waals surface area contributed by atoms with E-state index in [2.05, 4.69) is 33.1 Å². The molecule has 1 aliphatic heterocycles. The molecule has 7 nitrogen and oxygen atoms in total. The molecule has 130 valence electrons. The van der Waals surface area contributed by atoms with Gasteiger partial charge in [-0.25, -0.2) is 4.79 Å². The summed E-state index contributed by atoms with van der Waals surface area (Å²) in [4.78, 5) is 24.3. The second-order valence-corrected chi connectivity index (χ2v) is 6.04. The Morgan fingerprint density at radius 1 is 1.33 bits per heavy atom. The van der Waals surface area contributed by atoms with E-state index < -0.39 is 24.0 Å². The summed E-state index contributed by atoms with van der Waals surface area (Å²) in [6.07, 6.45) is 0. The highest BCUT2D eigenvalue weighted by Gasteiger charge is 2.40. The van der Waals surface area contributed by atoms with Gasteiger partial charge in [-0.3, -0.25) is 4.79 Å². The molecule has 2 N–H and O–H groups in total. The van der Waals surface area contributed by atoms with Gasteiger partial charge in [0.25, 0.3) is 0 Å². The third-order valence-electron chi connectivity index (χ3n) is 3.58. The Morgan fingerprint density at radius 2 is 2.08 bits per heavy atom. The van der Waals surface area contributed by atoms with Gasteiger partial charge in [-0.05, 0) is 18.2 Å². The van der Waals surface area contributed by atoms with Crippen molar-refractivity contribution in [2.75, 3.05) is 27.4 Å². The van der Waals surface area contributed by atoms with Crippen molar-refractivity contribution in [3.8, 4) is 5.75 Å². The fraction of sp³-hybridized carbons (Fsp3) is 0.375. The number of rotatable bonds is 6. The van der Waals surface area contributed by atoms with Gasteiger partial charge < -0.3 is 24.8 Å². The van der Waals surface area contributed by atoms with Crippen molar-refractivity contribution < 1.29 is 23.8 Å². The number of benzene rings is 1. The Balaban J connectivity index is 2.35. The van der Waals surface area contributed by atoms with Gasteiger partial charge in [-0.2, -0.15) is 0 Å². The Morgan fingerprint density at radius 3 is 2.75 bits per heavy atom. The minimum Gasteiger partial charge on any atom is -0.496 e. The van der Waals surface area contributed by atoms with Crippen LogP contribution in [-0.4, -0.2) is 39.4 Å². The Labute approximate surface area is 148 Å². The number of hydrogen-bond donors (Lipinski definition) is 2. The van der Waals surface area contributed by atoms with Crippen molar-refractivity contribution in [3.63, 3.8) is 0 Å². The van der Waals surface area contributed by atoms with Crippen LogP contribution in [0.4, 0.5) is 4.79 Å². The first-order valence-electron chi connectivity index (χ1n) is 7.23. The minimum absolute atomic E-state index is 0.120. The quantitative estimate of drug-likeness (QED) is 0.566. The summed E-state index contributed by atoms with van der Waals surface area (Å²) in [5, 5.41) is 5.27. The first-order valence-corrected chi connectivity index (χ1v) is 8.02. The van der Waals surface area contributed by atoms with Crippen LogP contribution in [0.2, 0.25) is 0 Å².